The Bertz CT molecular complexity index is 781. The van der Waals surface area contributed by atoms with Gasteiger partial charge in [0.25, 0.3) is 0 Å². The Morgan fingerprint density at radius 1 is 1.26 bits per heavy atom. The lowest BCUT2D eigenvalue weighted by molar-refractivity contribution is -0.125. The molecule has 0 unspecified atom stereocenters. The normalized spacial score (nSPS) is 25.5. The maximum Gasteiger partial charge on any atom is 0.220 e. The summed E-state index contributed by atoms with van der Waals surface area (Å²) in [6, 6.07) is -0.853. The predicted octanol–water partition coefficient (Wildman–Crippen LogP) is -0.461. The number of fused-ring (bicyclic) bond motifs is 1. The summed E-state index contributed by atoms with van der Waals surface area (Å²) in [4.78, 5) is 24.7. The van der Waals surface area contributed by atoms with Gasteiger partial charge in [-0.3, -0.25) is 4.79 Å². The molecule has 4 atom stereocenters. The van der Waals surface area contributed by atoms with Crippen LogP contribution in [0.5, 0.6) is 0 Å². The van der Waals surface area contributed by atoms with Crippen molar-refractivity contribution in [2.45, 2.75) is 56.4 Å². The molecule has 3 rings (SSSR count). The second-order valence-corrected chi connectivity index (χ2v) is 6.84. The number of nitrogens with zero attached hydrogens (tertiary/aromatic N) is 4. The monoisotopic (exact) mass is 377 g/mol. The maximum absolute atomic E-state index is 12.0. The van der Waals surface area contributed by atoms with E-state index in [-0.39, 0.29) is 11.9 Å². The van der Waals surface area contributed by atoms with E-state index in [1.807, 2.05) is 0 Å². The number of aromatic nitrogens is 4. The summed E-state index contributed by atoms with van der Waals surface area (Å²) < 4.78 is 1.77. The smallest absolute Gasteiger partial charge is 0.220 e. The molecule has 1 aliphatic rings. The van der Waals surface area contributed by atoms with Crippen LogP contribution in [0.15, 0.2) is 12.7 Å². The van der Waals surface area contributed by atoms with Gasteiger partial charge in [-0.05, 0) is 32.2 Å². The number of rotatable bonds is 7. The minimum absolute atomic E-state index is 0.127. The second kappa shape index (κ2) is 8.59. The Balaban J connectivity index is 1.70. The van der Waals surface area contributed by atoms with Gasteiger partial charge in [0, 0.05) is 13.5 Å². The van der Waals surface area contributed by atoms with E-state index >= 15 is 0 Å². The van der Waals surface area contributed by atoms with E-state index in [1.54, 1.807) is 17.9 Å². The molecule has 0 bridgehead atoms. The van der Waals surface area contributed by atoms with Gasteiger partial charge in [0.2, 0.25) is 5.91 Å². The van der Waals surface area contributed by atoms with Gasteiger partial charge in [-0.1, -0.05) is 0 Å². The van der Waals surface area contributed by atoms with E-state index in [0.717, 1.165) is 6.42 Å². The molecule has 27 heavy (non-hydrogen) atoms. The summed E-state index contributed by atoms with van der Waals surface area (Å²) >= 11 is 0. The van der Waals surface area contributed by atoms with Crippen LogP contribution in [0, 0.1) is 0 Å². The van der Waals surface area contributed by atoms with Crippen LogP contribution in [0.4, 0.5) is 5.82 Å². The highest BCUT2D eigenvalue weighted by Crippen LogP contribution is 2.32. The van der Waals surface area contributed by atoms with E-state index in [9.17, 15) is 15.0 Å². The number of unbranched alkanes of at least 4 members (excludes halogenated alkanes) is 1. The van der Waals surface area contributed by atoms with Crippen molar-refractivity contribution in [3.8, 4) is 0 Å². The van der Waals surface area contributed by atoms with Crippen molar-refractivity contribution >= 4 is 22.9 Å². The maximum atomic E-state index is 12.0. The molecule has 0 saturated heterocycles. The Labute approximate surface area is 157 Å². The van der Waals surface area contributed by atoms with Crippen molar-refractivity contribution in [2.24, 2.45) is 5.73 Å². The summed E-state index contributed by atoms with van der Waals surface area (Å²) in [5.41, 5.74) is 6.63. The SMILES string of the molecule is CNc1ncnc2c1ncn2[C@H]1CC[C@H](NC(=O)CCCCN)[C@H](O)[C@H]1O. The molecule has 2 aromatic rings. The molecule has 0 radical (unpaired) electrons. The molecule has 0 aliphatic heterocycles. The standard InChI is InChI=1S/C17H27N7O3/c1-19-16-13-17(21-8-20-16)24(9-22-13)11-6-5-10(14(26)15(11)27)23-12(25)4-2-3-7-18/h8-11,14-15,26-27H,2-7,18H2,1H3,(H,23,25)(H,19,20,21)/t10-,11-,14-,15-/m0/s1. The minimum Gasteiger partial charge on any atom is -0.388 e. The fourth-order valence-electron chi connectivity index (χ4n) is 3.61. The molecule has 1 amide bonds. The van der Waals surface area contributed by atoms with Crippen molar-refractivity contribution in [1.29, 1.82) is 0 Å². The molecule has 6 N–H and O–H groups in total. The summed E-state index contributed by atoms with van der Waals surface area (Å²) in [7, 11) is 1.75. The summed E-state index contributed by atoms with van der Waals surface area (Å²) in [6.45, 7) is 0.553. The average molecular weight is 377 g/mol. The number of nitrogens with two attached hydrogens (primary N) is 1. The van der Waals surface area contributed by atoms with E-state index in [0.29, 0.717) is 49.2 Å². The molecule has 1 saturated carbocycles. The van der Waals surface area contributed by atoms with Crippen LogP contribution in [0.1, 0.15) is 38.1 Å². The molecule has 0 aromatic carbocycles. The number of hydrogen-bond acceptors (Lipinski definition) is 8. The number of anilines is 1. The van der Waals surface area contributed by atoms with Crippen LogP contribution < -0.4 is 16.4 Å². The number of aliphatic hydroxyl groups is 2. The van der Waals surface area contributed by atoms with Crippen LogP contribution in [0.25, 0.3) is 11.2 Å². The van der Waals surface area contributed by atoms with Gasteiger partial charge in [0.05, 0.1) is 18.4 Å². The first-order valence-electron chi connectivity index (χ1n) is 9.27. The van der Waals surface area contributed by atoms with E-state index in [2.05, 4.69) is 25.6 Å². The first-order chi connectivity index (χ1) is 13.1. The van der Waals surface area contributed by atoms with Crippen LogP contribution in [0.2, 0.25) is 0 Å². The van der Waals surface area contributed by atoms with Gasteiger partial charge in [0.1, 0.15) is 24.1 Å². The summed E-state index contributed by atoms with van der Waals surface area (Å²) in [5, 5.41) is 27.0. The number of aliphatic hydroxyl groups excluding tert-OH is 2. The molecule has 1 aliphatic carbocycles. The van der Waals surface area contributed by atoms with Gasteiger partial charge in [0.15, 0.2) is 11.5 Å². The topological polar surface area (TPSA) is 151 Å². The Morgan fingerprint density at radius 3 is 2.81 bits per heavy atom. The van der Waals surface area contributed by atoms with Gasteiger partial charge < -0.3 is 31.1 Å². The van der Waals surface area contributed by atoms with E-state index in [1.165, 1.54) is 6.33 Å². The van der Waals surface area contributed by atoms with Crippen LogP contribution >= 0.6 is 0 Å². The quantitative estimate of drug-likeness (QED) is 0.407. The molecular formula is C17H27N7O3. The van der Waals surface area contributed by atoms with Crippen LogP contribution in [-0.2, 0) is 4.79 Å². The number of amides is 1. The van der Waals surface area contributed by atoms with Crippen LogP contribution in [-0.4, -0.2) is 67.5 Å². The molecular weight excluding hydrogens is 350 g/mol. The number of carbonyl (C=O) groups excluding carboxylic acids is 1. The summed E-state index contributed by atoms with van der Waals surface area (Å²) in [5.74, 6) is 0.477. The van der Waals surface area contributed by atoms with Gasteiger partial charge >= 0.3 is 0 Å². The number of hydrogen-bond donors (Lipinski definition) is 5. The number of carbonyl (C=O) groups is 1. The van der Waals surface area contributed by atoms with Crippen molar-refractivity contribution in [1.82, 2.24) is 24.8 Å². The summed E-state index contributed by atoms with van der Waals surface area (Å²) in [6.07, 6.45) is 3.93. The fraction of sp³-hybridized carbons (Fsp3) is 0.647. The third-order valence-electron chi connectivity index (χ3n) is 5.09. The van der Waals surface area contributed by atoms with E-state index < -0.39 is 18.2 Å². The zero-order valence-corrected chi connectivity index (χ0v) is 15.4. The van der Waals surface area contributed by atoms with E-state index in [4.69, 9.17) is 5.73 Å². The highest BCUT2D eigenvalue weighted by Gasteiger charge is 2.39. The lowest BCUT2D eigenvalue weighted by atomic mass is 9.85. The van der Waals surface area contributed by atoms with Crippen LogP contribution in [0.3, 0.4) is 0 Å². The Morgan fingerprint density at radius 2 is 2.07 bits per heavy atom. The zero-order valence-electron chi connectivity index (χ0n) is 15.4. The first-order valence-corrected chi connectivity index (χ1v) is 9.27. The fourth-order valence-corrected chi connectivity index (χ4v) is 3.61. The second-order valence-electron chi connectivity index (χ2n) is 6.84. The first kappa shape index (κ1) is 19.5. The zero-order chi connectivity index (χ0) is 19.4. The highest BCUT2D eigenvalue weighted by molar-refractivity contribution is 5.82. The molecule has 148 valence electrons. The lowest BCUT2D eigenvalue weighted by Crippen LogP contribution is -2.54. The molecule has 2 heterocycles. The highest BCUT2D eigenvalue weighted by atomic mass is 16.3. The third-order valence-corrected chi connectivity index (χ3v) is 5.09. The molecule has 10 nitrogen and oxygen atoms in total. The van der Waals surface area contributed by atoms with Gasteiger partial charge in [-0.15, -0.1) is 0 Å². The molecule has 2 aromatic heterocycles. The molecule has 10 heteroatoms. The molecule has 1 fully saturated rings. The predicted molar refractivity (Wildman–Crippen MR) is 100.0 cm³/mol. The number of imidazole rings is 1. The number of nitrogens with one attached hydrogen (secondary N) is 2. The minimum atomic E-state index is -1.06. The Hall–Kier alpha value is -2.30. The third kappa shape index (κ3) is 4.02. The average Bonchev–Trinajstić information content (AvgIpc) is 3.10. The van der Waals surface area contributed by atoms with Gasteiger partial charge in [-0.2, -0.15) is 0 Å². The largest absolute Gasteiger partial charge is 0.388 e. The van der Waals surface area contributed by atoms with Crippen molar-refractivity contribution in [3.63, 3.8) is 0 Å². The Kier molecular flexibility index (Phi) is 6.19. The lowest BCUT2D eigenvalue weighted by Gasteiger charge is -2.38. The van der Waals surface area contributed by atoms with Gasteiger partial charge in [-0.25, -0.2) is 15.0 Å². The van der Waals surface area contributed by atoms with Crippen molar-refractivity contribution < 1.29 is 15.0 Å². The van der Waals surface area contributed by atoms with Crippen molar-refractivity contribution in [2.75, 3.05) is 18.9 Å². The molecule has 0 spiro atoms. The van der Waals surface area contributed by atoms with Crippen molar-refractivity contribution in [3.05, 3.63) is 12.7 Å².